The van der Waals surface area contributed by atoms with Gasteiger partial charge < -0.3 is 19.9 Å². The van der Waals surface area contributed by atoms with Crippen molar-refractivity contribution in [3.63, 3.8) is 0 Å². The summed E-state index contributed by atoms with van der Waals surface area (Å²) in [6.07, 6.45) is 3.94. The number of hydrogen-bond donors (Lipinski definition) is 1. The van der Waals surface area contributed by atoms with E-state index in [1.807, 2.05) is 47.4 Å². The van der Waals surface area contributed by atoms with E-state index in [9.17, 15) is 4.79 Å². The molecule has 0 atom stereocenters. The van der Waals surface area contributed by atoms with E-state index < -0.39 is 0 Å². The predicted octanol–water partition coefficient (Wildman–Crippen LogP) is 3.96. The maximum atomic E-state index is 12.6. The zero-order chi connectivity index (χ0) is 21.8. The van der Waals surface area contributed by atoms with Crippen LogP contribution < -0.4 is 10.2 Å². The third-order valence-corrected chi connectivity index (χ3v) is 5.95. The Morgan fingerprint density at radius 3 is 2.50 bits per heavy atom. The quantitative estimate of drug-likeness (QED) is 0.662. The summed E-state index contributed by atoms with van der Waals surface area (Å²) in [5.41, 5.74) is 4.59. The fourth-order valence-corrected chi connectivity index (χ4v) is 4.20. The molecule has 7 heteroatoms. The molecule has 0 spiro atoms. The van der Waals surface area contributed by atoms with Gasteiger partial charge in [0.1, 0.15) is 0 Å². The van der Waals surface area contributed by atoms with Crippen LogP contribution in [-0.4, -0.2) is 60.2 Å². The minimum atomic E-state index is 0.110. The highest BCUT2D eigenvalue weighted by molar-refractivity contribution is 5.94. The molecule has 1 aromatic heterocycles. The summed E-state index contributed by atoms with van der Waals surface area (Å²) >= 11 is 0. The van der Waals surface area contributed by atoms with Crippen LogP contribution in [0.2, 0.25) is 0 Å². The molecule has 2 aromatic carbocycles. The number of morpholine rings is 1. The summed E-state index contributed by atoms with van der Waals surface area (Å²) in [7, 11) is 0. The summed E-state index contributed by atoms with van der Waals surface area (Å²) in [5.74, 6) is 0.651. The summed E-state index contributed by atoms with van der Waals surface area (Å²) in [5, 5.41) is 3.32. The standard InChI is InChI=1S/C25H27N5O2/c31-24(30-12-1-2-13-30)20-8-6-19(7-9-20)23-10-11-26-25(28-23)27-21-4-3-5-22(18-21)29-14-16-32-17-15-29/h3-11,18H,1-2,12-17H2,(H,26,27,28). The number of ether oxygens (including phenoxy) is 1. The molecule has 2 aliphatic heterocycles. The van der Waals surface area contributed by atoms with Crippen LogP contribution in [0, 0.1) is 0 Å². The lowest BCUT2D eigenvalue weighted by molar-refractivity contribution is 0.0793. The van der Waals surface area contributed by atoms with Gasteiger partial charge in [0.15, 0.2) is 0 Å². The molecule has 2 fully saturated rings. The van der Waals surface area contributed by atoms with E-state index in [1.165, 1.54) is 0 Å². The van der Waals surface area contributed by atoms with Crippen LogP contribution in [0.1, 0.15) is 23.2 Å². The highest BCUT2D eigenvalue weighted by Crippen LogP contribution is 2.24. The van der Waals surface area contributed by atoms with Gasteiger partial charge in [-0.25, -0.2) is 9.97 Å². The Morgan fingerprint density at radius 2 is 1.72 bits per heavy atom. The van der Waals surface area contributed by atoms with Crippen molar-refractivity contribution in [2.45, 2.75) is 12.8 Å². The van der Waals surface area contributed by atoms with E-state index in [-0.39, 0.29) is 5.91 Å². The van der Waals surface area contributed by atoms with Gasteiger partial charge in [0, 0.05) is 54.9 Å². The number of benzene rings is 2. The van der Waals surface area contributed by atoms with Gasteiger partial charge in [-0.2, -0.15) is 0 Å². The number of hydrogen-bond acceptors (Lipinski definition) is 6. The number of carbonyl (C=O) groups is 1. The molecule has 7 nitrogen and oxygen atoms in total. The molecule has 0 aliphatic carbocycles. The molecular weight excluding hydrogens is 402 g/mol. The number of rotatable bonds is 5. The second-order valence-corrected chi connectivity index (χ2v) is 8.12. The Morgan fingerprint density at radius 1 is 0.938 bits per heavy atom. The van der Waals surface area contributed by atoms with Crippen LogP contribution in [-0.2, 0) is 4.74 Å². The summed E-state index contributed by atoms with van der Waals surface area (Å²) in [6.45, 7) is 5.01. The van der Waals surface area contributed by atoms with Crippen LogP contribution >= 0.6 is 0 Å². The number of anilines is 3. The first-order valence-corrected chi connectivity index (χ1v) is 11.2. The number of nitrogens with zero attached hydrogens (tertiary/aromatic N) is 4. The second-order valence-electron chi connectivity index (χ2n) is 8.12. The Hall–Kier alpha value is -3.45. The van der Waals surface area contributed by atoms with E-state index >= 15 is 0 Å². The normalized spacial score (nSPS) is 16.2. The topological polar surface area (TPSA) is 70.6 Å². The zero-order valence-corrected chi connectivity index (χ0v) is 18.0. The highest BCUT2D eigenvalue weighted by Gasteiger charge is 2.19. The molecule has 164 valence electrons. The maximum absolute atomic E-state index is 12.6. The number of amides is 1. The average molecular weight is 430 g/mol. The van der Waals surface area contributed by atoms with E-state index in [4.69, 9.17) is 4.74 Å². The lowest BCUT2D eigenvalue weighted by Gasteiger charge is -2.29. The third-order valence-electron chi connectivity index (χ3n) is 5.95. The van der Waals surface area contributed by atoms with E-state index in [1.54, 1.807) is 6.20 Å². The molecular formula is C25H27N5O2. The molecule has 0 radical (unpaired) electrons. The number of aromatic nitrogens is 2. The van der Waals surface area contributed by atoms with Gasteiger partial charge >= 0.3 is 0 Å². The van der Waals surface area contributed by atoms with Crippen LogP contribution in [0.15, 0.2) is 60.8 Å². The molecule has 0 bridgehead atoms. The fraction of sp³-hybridized carbons (Fsp3) is 0.320. The molecule has 5 rings (SSSR count). The molecule has 0 unspecified atom stereocenters. The van der Waals surface area contributed by atoms with Crippen molar-refractivity contribution < 1.29 is 9.53 Å². The molecule has 1 N–H and O–H groups in total. The van der Waals surface area contributed by atoms with Crippen molar-refractivity contribution in [3.05, 3.63) is 66.4 Å². The van der Waals surface area contributed by atoms with Gasteiger partial charge in [-0.3, -0.25) is 4.79 Å². The van der Waals surface area contributed by atoms with Gasteiger partial charge in [-0.1, -0.05) is 18.2 Å². The Labute approximate surface area is 188 Å². The Kier molecular flexibility index (Phi) is 5.98. The average Bonchev–Trinajstić information content (AvgIpc) is 3.40. The highest BCUT2D eigenvalue weighted by atomic mass is 16.5. The number of carbonyl (C=O) groups excluding carboxylic acids is 1. The van der Waals surface area contributed by atoms with Crippen molar-refractivity contribution in [3.8, 4) is 11.3 Å². The van der Waals surface area contributed by atoms with Gasteiger partial charge in [-0.15, -0.1) is 0 Å². The first-order valence-electron chi connectivity index (χ1n) is 11.2. The molecule has 2 aliphatic rings. The van der Waals surface area contributed by atoms with E-state index in [0.29, 0.717) is 5.95 Å². The summed E-state index contributed by atoms with van der Waals surface area (Å²) in [4.78, 5) is 25.9. The lowest BCUT2D eigenvalue weighted by Crippen LogP contribution is -2.36. The van der Waals surface area contributed by atoms with E-state index in [0.717, 1.165) is 80.4 Å². The fourth-order valence-electron chi connectivity index (χ4n) is 4.20. The zero-order valence-electron chi connectivity index (χ0n) is 18.0. The van der Waals surface area contributed by atoms with Crippen LogP contribution in [0.3, 0.4) is 0 Å². The Balaban J connectivity index is 1.30. The van der Waals surface area contributed by atoms with Crippen LogP contribution in [0.4, 0.5) is 17.3 Å². The maximum Gasteiger partial charge on any atom is 0.253 e. The lowest BCUT2D eigenvalue weighted by atomic mass is 10.1. The molecule has 32 heavy (non-hydrogen) atoms. The van der Waals surface area contributed by atoms with Crippen LogP contribution in [0.5, 0.6) is 0 Å². The van der Waals surface area contributed by atoms with Gasteiger partial charge in [0.25, 0.3) is 5.91 Å². The smallest absolute Gasteiger partial charge is 0.253 e. The van der Waals surface area contributed by atoms with Crippen molar-refractivity contribution in [1.29, 1.82) is 0 Å². The number of nitrogens with one attached hydrogen (secondary N) is 1. The van der Waals surface area contributed by atoms with Gasteiger partial charge in [0.2, 0.25) is 5.95 Å². The van der Waals surface area contributed by atoms with Crippen molar-refractivity contribution in [2.24, 2.45) is 0 Å². The summed E-state index contributed by atoms with van der Waals surface area (Å²) in [6, 6.07) is 17.8. The molecule has 3 aromatic rings. The second kappa shape index (κ2) is 9.36. The molecule has 0 saturated carbocycles. The van der Waals surface area contributed by atoms with Crippen molar-refractivity contribution >= 4 is 23.2 Å². The number of likely N-dealkylation sites (tertiary alicyclic amines) is 1. The third kappa shape index (κ3) is 4.57. The first kappa shape index (κ1) is 20.5. The molecule has 2 saturated heterocycles. The van der Waals surface area contributed by atoms with Crippen molar-refractivity contribution in [1.82, 2.24) is 14.9 Å². The molecule has 3 heterocycles. The summed E-state index contributed by atoms with van der Waals surface area (Å²) < 4.78 is 5.45. The SMILES string of the molecule is O=C(c1ccc(-c2ccnc(Nc3cccc(N4CCOCC4)c3)n2)cc1)N1CCCC1. The largest absolute Gasteiger partial charge is 0.378 e. The monoisotopic (exact) mass is 429 g/mol. The molecule has 1 amide bonds. The predicted molar refractivity (Wildman–Crippen MR) is 125 cm³/mol. The van der Waals surface area contributed by atoms with Gasteiger partial charge in [-0.05, 0) is 49.2 Å². The Bertz CT molecular complexity index is 1070. The van der Waals surface area contributed by atoms with Gasteiger partial charge in [0.05, 0.1) is 18.9 Å². The van der Waals surface area contributed by atoms with E-state index in [2.05, 4.69) is 32.3 Å². The van der Waals surface area contributed by atoms with Crippen LogP contribution in [0.25, 0.3) is 11.3 Å². The van der Waals surface area contributed by atoms with Crippen molar-refractivity contribution in [2.75, 3.05) is 49.6 Å². The minimum absolute atomic E-state index is 0.110. The first-order chi connectivity index (χ1) is 15.8. The minimum Gasteiger partial charge on any atom is -0.378 e.